The number of hydrogen-bond acceptors (Lipinski definition) is 2. The van der Waals surface area contributed by atoms with E-state index >= 15 is 0 Å². The van der Waals surface area contributed by atoms with Gasteiger partial charge in [-0.15, -0.1) is 0 Å². The smallest absolute Gasteiger partial charge is 0.136 e. The lowest BCUT2D eigenvalue weighted by Crippen LogP contribution is -2.26. The molecule has 63 heavy (non-hydrogen) atoms. The van der Waals surface area contributed by atoms with Gasteiger partial charge >= 0.3 is 0 Å². The van der Waals surface area contributed by atoms with E-state index in [1.807, 2.05) is 6.07 Å². The van der Waals surface area contributed by atoms with E-state index in [0.29, 0.717) is 0 Å². The van der Waals surface area contributed by atoms with Gasteiger partial charge in [0.1, 0.15) is 11.2 Å². The molecule has 2 aliphatic carbocycles. The van der Waals surface area contributed by atoms with Crippen LogP contribution in [0.1, 0.15) is 22.3 Å². The SMILES string of the molecule is c1ccc(-c2ccc(-c3ccc(N(c4ccc5c(c4)C4(c6ccccc6-c6ccccc64)c4ccccc4-5)c4ccccc4-c4cccc5oc6ccccc6c45)cc3)cc2)cc1. The molecule has 0 fully saturated rings. The van der Waals surface area contributed by atoms with Gasteiger partial charge < -0.3 is 9.32 Å². The highest BCUT2D eigenvalue weighted by Crippen LogP contribution is 2.63. The Morgan fingerprint density at radius 1 is 0.302 bits per heavy atom. The number of anilines is 3. The fourth-order valence-corrected chi connectivity index (χ4v) is 10.8. The zero-order valence-corrected chi connectivity index (χ0v) is 34.4. The molecule has 1 heterocycles. The third-order valence-corrected chi connectivity index (χ3v) is 13.5. The van der Waals surface area contributed by atoms with Crippen molar-refractivity contribution in [3.8, 4) is 55.6 Å². The third kappa shape index (κ3) is 5.25. The number of hydrogen-bond donors (Lipinski definition) is 0. The van der Waals surface area contributed by atoms with E-state index in [-0.39, 0.29) is 0 Å². The first-order chi connectivity index (χ1) is 31.3. The largest absolute Gasteiger partial charge is 0.456 e. The molecule has 0 saturated carbocycles. The fourth-order valence-electron chi connectivity index (χ4n) is 10.8. The first kappa shape index (κ1) is 35.5. The van der Waals surface area contributed by atoms with Crippen molar-refractivity contribution < 1.29 is 4.42 Å². The van der Waals surface area contributed by atoms with Crippen LogP contribution in [-0.2, 0) is 5.41 Å². The summed E-state index contributed by atoms with van der Waals surface area (Å²) < 4.78 is 6.45. The Balaban J connectivity index is 1.03. The molecule has 0 bridgehead atoms. The summed E-state index contributed by atoms with van der Waals surface area (Å²) in [6, 6.07) is 86.5. The molecule has 0 unspecified atom stereocenters. The number of para-hydroxylation sites is 2. The van der Waals surface area contributed by atoms with E-state index in [9.17, 15) is 0 Å². The van der Waals surface area contributed by atoms with Gasteiger partial charge in [0.25, 0.3) is 0 Å². The third-order valence-electron chi connectivity index (χ3n) is 13.5. The quantitative estimate of drug-likeness (QED) is 0.167. The summed E-state index contributed by atoms with van der Waals surface area (Å²) in [6.45, 7) is 0. The summed E-state index contributed by atoms with van der Waals surface area (Å²) in [5, 5.41) is 2.24. The average molecular weight is 802 g/mol. The lowest BCUT2D eigenvalue weighted by atomic mass is 9.70. The van der Waals surface area contributed by atoms with E-state index in [4.69, 9.17) is 4.42 Å². The number of nitrogens with zero attached hydrogens (tertiary/aromatic N) is 1. The van der Waals surface area contributed by atoms with Gasteiger partial charge in [0.05, 0.1) is 11.1 Å². The van der Waals surface area contributed by atoms with Gasteiger partial charge in [-0.05, 0) is 115 Å². The Bertz CT molecular complexity index is 3500. The van der Waals surface area contributed by atoms with Gasteiger partial charge in [0.2, 0.25) is 0 Å². The van der Waals surface area contributed by atoms with Gasteiger partial charge in [-0.1, -0.05) is 194 Å². The lowest BCUT2D eigenvalue weighted by Gasteiger charge is -2.32. The second-order valence-corrected chi connectivity index (χ2v) is 16.7. The fraction of sp³-hybridized carbons (Fsp3) is 0.0164. The van der Waals surface area contributed by atoms with Crippen LogP contribution >= 0.6 is 0 Å². The van der Waals surface area contributed by atoms with Gasteiger partial charge in [0, 0.05) is 27.7 Å². The Kier molecular flexibility index (Phi) is 7.85. The van der Waals surface area contributed by atoms with Crippen molar-refractivity contribution in [3.63, 3.8) is 0 Å². The van der Waals surface area contributed by atoms with Crippen molar-refractivity contribution in [2.24, 2.45) is 0 Å². The van der Waals surface area contributed by atoms with Crippen LogP contribution in [0.15, 0.2) is 241 Å². The van der Waals surface area contributed by atoms with Crippen molar-refractivity contribution in [1.82, 2.24) is 0 Å². The summed E-state index contributed by atoms with van der Waals surface area (Å²) in [5.74, 6) is 0. The van der Waals surface area contributed by atoms with Crippen molar-refractivity contribution in [2.45, 2.75) is 5.41 Å². The van der Waals surface area contributed by atoms with Gasteiger partial charge in [-0.2, -0.15) is 0 Å². The molecule has 0 N–H and O–H groups in total. The summed E-state index contributed by atoms with van der Waals surface area (Å²) >= 11 is 0. The highest BCUT2D eigenvalue weighted by atomic mass is 16.3. The van der Waals surface area contributed by atoms with Crippen molar-refractivity contribution in [1.29, 1.82) is 0 Å². The molecule has 294 valence electrons. The summed E-state index contributed by atoms with van der Waals surface area (Å²) in [5.41, 5.74) is 22.1. The Morgan fingerprint density at radius 2 is 0.762 bits per heavy atom. The predicted molar refractivity (Wildman–Crippen MR) is 261 cm³/mol. The zero-order valence-electron chi connectivity index (χ0n) is 34.4. The molecule has 0 radical (unpaired) electrons. The maximum absolute atomic E-state index is 6.45. The molecule has 2 aliphatic rings. The van der Waals surface area contributed by atoms with E-state index in [1.54, 1.807) is 0 Å². The first-order valence-electron chi connectivity index (χ1n) is 21.8. The predicted octanol–water partition coefficient (Wildman–Crippen LogP) is 16.4. The van der Waals surface area contributed by atoms with Crippen LogP contribution in [0.2, 0.25) is 0 Å². The van der Waals surface area contributed by atoms with Gasteiger partial charge in [-0.25, -0.2) is 0 Å². The highest BCUT2D eigenvalue weighted by Gasteiger charge is 2.51. The van der Waals surface area contributed by atoms with Crippen LogP contribution < -0.4 is 4.90 Å². The minimum absolute atomic E-state index is 0.461. The minimum Gasteiger partial charge on any atom is -0.456 e. The topological polar surface area (TPSA) is 16.4 Å². The van der Waals surface area contributed by atoms with Crippen molar-refractivity contribution in [3.05, 3.63) is 259 Å². The van der Waals surface area contributed by atoms with E-state index in [1.165, 1.54) is 66.8 Å². The van der Waals surface area contributed by atoms with Crippen LogP contribution in [0.3, 0.4) is 0 Å². The Morgan fingerprint density at radius 3 is 1.41 bits per heavy atom. The van der Waals surface area contributed by atoms with Crippen LogP contribution in [-0.4, -0.2) is 0 Å². The maximum Gasteiger partial charge on any atom is 0.136 e. The van der Waals surface area contributed by atoms with E-state index in [0.717, 1.165) is 50.1 Å². The summed E-state index contributed by atoms with van der Waals surface area (Å²) in [4.78, 5) is 2.46. The molecule has 0 aliphatic heterocycles. The molecule has 1 aromatic heterocycles. The average Bonchev–Trinajstić information content (AvgIpc) is 3.99. The van der Waals surface area contributed by atoms with E-state index < -0.39 is 5.41 Å². The number of benzene rings is 10. The highest BCUT2D eigenvalue weighted by molar-refractivity contribution is 6.14. The first-order valence-corrected chi connectivity index (χ1v) is 21.8. The van der Waals surface area contributed by atoms with Crippen molar-refractivity contribution in [2.75, 3.05) is 4.90 Å². The van der Waals surface area contributed by atoms with Gasteiger partial charge in [-0.3, -0.25) is 0 Å². The maximum atomic E-state index is 6.45. The monoisotopic (exact) mass is 801 g/mol. The number of furan rings is 1. The molecule has 13 rings (SSSR count). The van der Waals surface area contributed by atoms with Crippen LogP contribution in [0.5, 0.6) is 0 Å². The molecule has 0 atom stereocenters. The standard InChI is InChI=1S/C61H39NO/c1-2-15-40(16-3-1)41-29-31-42(32-30-41)43-33-35-44(36-34-43)62(57-26-12-7-20-50(57)51-22-14-28-59-60(51)52-21-8-13-27-58(52)63-59)45-37-38-49-48-19-6-11-25-55(48)61(56(49)39-45)53-23-9-4-17-46(53)47-18-5-10-24-54(47)61/h1-39H. The molecule has 10 aromatic carbocycles. The molecule has 2 nitrogen and oxygen atoms in total. The van der Waals surface area contributed by atoms with Crippen LogP contribution in [0.25, 0.3) is 77.6 Å². The summed E-state index contributed by atoms with van der Waals surface area (Å²) in [7, 11) is 0. The molecular formula is C61H39NO. The van der Waals surface area contributed by atoms with Gasteiger partial charge in [0.15, 0.2) is 0 Å². The molecule has 0 saturated heterocycles. The molecule has 11 aromatic rings. The Hall–Kier alpha value is -8.20. The number of rotatable bonds is 6. The van der Waals surface area contributed by atoms with E-state index in [2.05, 4.69) is 235 Å². The summed E-state index contributed by atoms with van der Waals surface area (Å²) in [6.07, 6.45) is 0. The second kappa shape index (κ2) is 13.9. The Labute approximate surface area is 366 Å². The second-order valence-electron chi connectivity index (χ2n) is 16.7. The normalized spacial score (nSPS) is 12.9. The minimum atomic E-state index is -0.461. The lowest BCUT2D eigenvalue weighted by molar-refractivity contribution is 0.669. The molecule has 1 spiro atoms. The molecule has 0 amide bonds. The van der Waals surface area contributed by atoms with Crippen molar-refractivity contribution >= 4 is 39.0 Å². The van der Waals surface area contributed by atoms with Crippen LogP contribution in [0, 0.1) is 0 Å². The zero-order chi connectivity index (χ0) is 41.5. The number of fused-ring (bicyclic) bond motifs is 13. The van der Waals surface area contributed by atoms with Crippen LogP contribution in [0.4, 0.5) is 17.1 Å². The molecule has 2 heteroatoms. The molecular weight excluding hydrogens is 763 g/mol.